The van der Waals surface area contributed by atoms with Crippen molar-refractivity contribution in [2.45, 2.75) is 31.7 Å². The minimum Gasteiger partial charge on any atom is -0.348 e. The molecule has 1 aromatic carbocycles. The second kappa shape index (κ2) is 5.75. The maximum absolute atomic E-state index is 11.3. The van der Waals surface area contributed by atoms with Gasteiger partial charge >= 0.3 is 0 Å². The van der Waals surface area contributed by atoms with Crippen molar-refractivity contribution >= 4 is 22.8 Å². The van der Waals surface area contributed by atoms with Crippen LogP contribution in [0, 0.1) is 0 Å². The maximum Gasteiger partial charge on any atom is 0.186 e. The molecular formula is C16H18N2OS. The topological polar surface area (TPSA) is 33.2 Å². The van der Waals surface area contributed by atoms with Crippen LogP contribution in [0.2, 0.25) is 0 Å². The lowest BCUT2D eigenvalue weighted by molar-refractivity contribution is 0.112. The Labute approximate surface area is 123 Å². The van der Waals surface area contributed by atoms with Gasteiger partial charge in [-0.2, -0.15) is 0 Å². The molecule has 1 aliphatic rings. The summed E-state index contributed by atoms with van der Waals surface area (Å²) in [4.78, 5) is 19.0. The van der Waals surface area contributed by atoms with Gasteiger partial charge in [0.25, 0.3) is 0 Å². The molecule has 0 atom stereocenters. The van der Waals surface area contributed by atoms with Crippen LogP contribution in [0.15, 0.2) is 30.3 Å². The molecule has 0 spiro atoms. The third-order valence-corrected chi connectivity index (χ3v) is 5.04. The number of aldehydes is 1. The number of rotatable bonds is 4. The monoisotopic (exact) mass is 286 g/mol. The Bertz CT molecular complexity index is 588. The highest BCUT2D eigenvalue weighted by molar-refractivity contribution is 7.17. The van der Waals surface area contributed by atoms with E-state index in [0.717, 1.165) is 27.6 Å². The van der Waals surface area contributed by atoms with E-state index in [0.29, 0.717) is 6.04 Å². The number of hydrogen-bond donors (Lipinski definition) is 0. The number of carbonyl (C=O) groups is 1. The number of hydrogen-bond acceptors (Lipinski definition) is 4. The zero-order chi connectivity index (χ0) is 13.9. The van der Waals surface area contributed by atoms with Crippen molar-refractivity contribution in [1.82, 2.24) is 4.98 Å². The van der Waals surface area contributed by atoms with Gasteiger partial charge in [-0.3, -0.25) is 4.79 Å². The van der Waals surface area contributed by atoms with Crippen LogP contribution in [0.1, 0.15) is 35.4 Å². The summed E-state index contributed by atoms with van der Waals surface area (Å²) >= 11 is 1.50. The van der Waals surface area contributed by atoms with E-state index in [1.54, 1.807) is 0 Å². The number of thiazole rings is 1. The normalized spacial score (nSPS) is 15.4. The lowest BCUT2D eigenvalue weighted by Gasteiger charge is -2.23. The number of nitrogens with zero attached hydrogens (tertiary/aromatic N) is 2. The number of carbonyl (C=O) groups excluding carboxylic acids is 1. The molecule has 1 heterocycles. The summed E-state index contributed by atoms with van der Waals surface area (Å²) in [6, 6.07) is 10.5. The molecular weight excluding hydrogens is 268 g/mol. The van der Waals surface area contributed by atoms with Gasteiger partial charge in [-0.15, -0.1) is 0 Å². The average molecular weight is 286 g/mol. The highest BCUT2D eigenvalue weighted by Gasteiger charge is 2.23. The van der Waals surface area contributed by atoms with Crippen LogP contribution in [0.25, 0.3) is 11.3 Å². The summed E-state index contributed by atoms with van der Waals surface area (Å²) in [6.07, 6.45) is 5.98. The summed E-state index contributed by atoms with van der Waals surface area (Å²) in [6.45, 7) is 0. The standard InChI is InChI=1S/C16H18N2OS/c1-18(13-9-5-6-10-13)16-17-15(14(11-19)20-16)12-7-3-2-4-8-12/h2-4,7-8,11,13H,5-6,9-10H2,1H3. The fourth-order valence-corrected chi connectivity index (χ4v) is 3.74. The predicted octanol–water partition coefficient (Wildman–Crippen LogP) is 4.00. The molecule has 0 bridgehead atoms. The van der Waals surface area contributed by atoms with Crippen LogP contribution >= 0.6 is 11.3 Å². The first-order valence-electron chi connectivity index (χ1n) is 7.04. The number of aromatic nitrogens is 1. The summed E-state index contributed by atoms with van der Waals surface area (Å²) in [7, 11) is 2.10. The smallest absolute Gasteiger partial charge is 0.186 e. The zero-order valence-electron chi connectivity index (χ0n) is 11.6. The molecule has 1 fully saturated rings. The fourth-order valence-electron chi connectivity index (χ4n) is 2.80. The molecule has 0 aliphatic heterocycles. The third kappa shape index (κ3) is 2.48. The molecule has 3 nitrogen and oxygen atoms in total. The van der Waals surface area contributed by atoms with E-state index < -0.39 is 0 Å². The molecule has 1 saturated carbocycles. The van der Waals surface area contributed by atoms with Gasteiger partial charge < -0.3 is 4.90 Å². The summed E-state index contributed by atoms with van der Waals surface area (Å²) in [5.74, 6) is 0. The lowest BCUT2D eigenvalue weighted by atomic mass is 10.1. The van der Waals surface area contributed by atoms with Crippen LogP contribution < -0.4 is 4.90 Å². The zero-order valence-corrected chi connectivity index (χ0v) is 12.4. The first-order chi connectivity index (χ1) is 9.79. The number of anilines is 1. The van der Waals surface area contributed by atoms with Crippen molar-refractivity contribution < 1.29 is 4.79 Å². The largest absolute Gasteiger partial charge is 0.348 e. The van der Waals surface area contributed by atoms with Gasteiger partial charge in [0.05, 0.1) is 10.6 Å². The Kier molecular flexibility index (Phi) is 3.83. The Morgan fingerprint density at radius 3 is 2.60 bits per heavy atom. The van der Waals surface area contributed by atoms with Gasteiger partial charge in [-0.1, -0.05) is 54.5 Å². The van der Waals surface area contributed by atoms with E-state index in [1.807, 2.05) is 30.3 Å². The van der Waals surface area contributed by atoms with Crippen LogP contribution in [0.4, 0.5) is 5.13 Å². The predicted molar refractivity (Wildman–Crippen MR) is 83.6 cm³/mol. The van der Waals surface area contributed by atoms with Crippen molar-refractivity contribution in [3.63, 3.8) is 0 Å². The first-order valence-corrected chi connectivity index (χ1v) is 7.85. The van der Waals surface area contributed by atoms with E-state index in [1.165, 1.54) is 37.0 Å². The molecule has 0 N–H and O–H groups in total. The van der Waals surface area contributed by atoms with Crippen molar-refractivity contribution in [3.05, 3.63) is 35.2 Å². The summed E-state index contributed by atoms with van der Waals surface area (Å²) < 4.78 is 0. The van der Waals surface area contributed by atoms with E-state index >= 15 is 0 Å². The van der Waals surface area contributed by atoms with E-state index in [9.17, 15) is 4.79 Å². The van der Waals surface area contributed by atoms with Gasteiger partial charge in [0.2, 0.25) is 0 Å². The average Bonchev–Trinajstić information content (AvgIpc) is 3.17. The molecule has 20 heavy (non-hydrogen) atoms. The molecule has 0 unspecified atom stereocenters. The Morgan fingerprint density at radius 1 is 1.25 bits per heavy atom. The molecule has 4 heteroatoms. The third-order valence-electron chi connectivity index (χ3n) is 3.97. The molecule has 0 amide bonds. The van der Waals surface area contributed by atoms with Crippen molar-refractivity contribution in [1.29, 1.82) is 0 Å². The minimum atomic E-state index is 0.573. The van der Waals surface area contributed by atoms with Crippen molar-refractivity contribution in [2.24, 2.45) is 0 Å². The second-order valence-electron chi connectivity index (χ2n) is 5.24. The first kappa shape index (κ1) is 13.3. The molecule has 1 aliphatic carbocycles. The SMILES string of the molecule is CN(c1nc(-c2ccccc2)c(C=O)s1)C1CCCC1. The van der Waals surface area contributed by atoms with Gasteiger partial charge in [-0.05, 0) is 12.8 Å². The van der Waals surface area contributed by atoms with Gasteiger partial charge in [0.15, 0.2) is 11.4 Å². The molecule has 2 aromatic rings. The van der Waals surface area contributed by atoms with Crippen LogP contribution in [-0.2, 0) is 0 Å². The lowest BCUT2D eigenvalue weighted by Crippen LogP contribution is -2.28. The highest BCUT2D eigenvalue weighted by atomic mass is 32.1. The summed E-state index contributed by atoms with van der Waals surface area (Å²) in [5, 5.41) is 0.956. The molecule has 0 saturated heterocycles. The Balaban J connectivity index is 1.94. The van der Waals surface area contributed by atoms with Crippen LogP contribution in [0.5, 0.6) is 0 Å². The summed E-state index contributed by atoms with van der Waals surface area (Å²) in [5.41, 5.74) is 1.82. The van der Waals surface area contributed by atoms with Gasteiger partial charge in [0, 0.05) is 18.7 Å². The Hall–Kier alpha value is -1.68. The molecule has 104 valence electrons. The minimum absolute atomic E-state index is 0.573. The van der Waals surface area contributed by atoms with Crippen LogP contribution in [0.3, 0.4) is 0 Å². The van der Waals surface area contributed by atoms with E-state index in [4.69, 9.17) is 4.98 Å². The van der Waals surface area contributed by atoms with Crippen molar-refractivity contribution in [3.8, 4) is 11.3 Å². The molecule has 1 aromatic heterocycles. The van der Waals surface area contributed by atoms with E-state index in [2.05, 4.69) is 11.9 Å². The quantitative estimate of drug-likeness (QED) is 0.796. The van der Waals surface area contributed by atoms with E-state index in [-0.39, 0.29) is 0 Å². The maximum atomic E-state index is 11.3. The van der Waals surface area contributed by atoms with Gasteiger partial charge in [-0.25, -0.2) is 4.98 Å². The fraction of sp³-hybridized carbons (Fsp3) is 0.375. The van der Waals surface area contributed by atoms with Crippen molar-refractivity contribution in [2.75, 3.05) is 11.9 Å². The second-order valence-corrected chi connectivity index (χ2v) is 6.25. The van der Waals surface area contributed by atoms with Crippen LogP contribution in [-0.4, -0.2) is 24.4 Å². The number of benzene rings is 1. The molecule has 0 radical (unpaired) electrons. The van der Waals surface area contributed by atoms with Gasteiger partial charge in [0.1, 0.15) is 0 Å². The highest BCUT2D eigenvalue weighted by Crippen LogP contribution is 2.34. The Morgan fingerprint density at radius 2 is 1.95 bits per heavy atom. The molecule has 3 rings (SSSR count).